The summed E-state index contributed by atoms with van der Waals surface area (Å²) in [6.45, 7) is 2.04. The highest BCUT2D eigenvalue weighted by Gasteiger charge is 2.35. The molecule has 0 unspecified atom stereocenters. The molecule has 0 aliphatic heterocycles. The second-order valence-electron chi connectivity index (χ2n) is 25.1. The Balaban J connectivity index is 0.926. The van der Waals surface area contributed by atoms with E-state index in [0.717, 1.165) is 170 Å². The maximum atomic E-state index is 12.5. The van der Waals surface area contributed by atoms with Gasteiger partial charge in [-0.2, -0.15) is 21.0 Å². The smallest absolute Gasteiger partial charge is 0.103 e. The molecule has 0 radical (unpaired) electrons. The molecule has 0 fully saturated rings. The Bertz CT molecular complexity index is 7040. The molecule has 0 bridgehead atoms. The van der Waals surface area contributed by atoms with Crippen LogP contribution in [0, 0.1) is 45.3 Å². The fourth-order valence-electron chi connectivity index (χ4n) is 16.6. The molecule has 7 heterocycles. The van der Waals surface area contributed by atoms with Crippen molar-refractivity contribution in [2.75, 3.05) is 0 Å². The molecule has 13 aromatic carbocycles. The number of fused-ring (bicyclic) bond motifs is 22. The summed E-state index contributed by atoms with van der Waals surface area (Å²) in [7, 11) is 0. The van der Waals surface area contributed by atoms with Crippen molar-refractivity contribution in [2.24, 2.45) is 0 Å². The van der Waals surface area contributed by atoms with Crippen LogP contribution in [0.1, 0.15) is 34.7 Å². The van der Waals surface area contributed by atoms with Crippen LogP contribution in [-0.2, 0) is 0 Å². The maximum Gasteiger partial charge on any atom is 0.103 e. The molecule has 0 amide bonds. The van der Waals surface area contributed by atoms with E-state index in [4.69, 9.17) is 0 Å². The zero-order valence-corrected chi connectivity index (χ0v) is 52.0. The van der Waals surface area contributed by atoms with Crippen LogP contribution in [0.15, 0.2) is 267 Å². The Labute approximate surface area is 552 Å². The molecule has 0 aliphatic rings. The lowest BCUT2D eigenvalue weighted by molar-refractivity contribution is 1.01. The van der Waals surface area contributed by atoms with Crippen molar-refractivity contribution in [3.63, 3.8) is 0 Å². The third kappa shape index (κ3) is 7.06. The number of para-hydroxylation sites is 9. The van der Waals surface area contributed by atoms with Crippen molar-refractivity contribution >= 4 is 148 Å². The number of hydrogen-bond donors (Lipinski definition) is 0. The second kappa shape index (κ2) is 20.1. The van der Waals surface area contributed by atoms with Gasteiger partial charge in [0.05, 0.1) is 122 Å². The van der Waals surface area contributed by atoms with Gasteiger partial charge in [-0.05, 0) is 103 Å². The summed E-state index contributed by atoms with van der Waals surface area (Å²) in [5.41, 5.74) is 19.6. The van der Waals surface area contributed by atoms with Gasteiger partial charge >= 0.3 is 0 Å². The molecule has 0 saturated heterocycles. The molecule has 10 nitrogen and oxygen atoms in total. The van der Waals surface area contributed by atoms with E-state index in [9.17, 15) is 21.0 Å². The molecule has 7 aromatic heterocycles. The standard InChI is InChI=1S/C87H48N10/c1-2-20-63-61-27-9-17-37-76(61)96-80-45-53(47-88)54(48-89)46-81(80)97-79-42-40-52(44-67(79)64-29-19-30-65(82(63)96)83(64)97)51-39-41-78-66(43-51)62-28-10-18-38-77(62)93(78)85-69(50-91)68(49-90)84(92-70-31-11-3-21-55(70)56-22-4-12-32-71(56)92)86(94-72-33-13-5-23-57(72)58-24-6-14-34-73(58)94)87(85)95-74-35-15-7-25-59(74)60-26-8-16-36-75(60)95/h2-46H,1H3/b20-2-. The van der Waals surface area contributed by atoms with E-state index in [-0.39, 0.29) is 11.1 Å². The molecule has 0 saturated carbocycles. The highest BCUT2D eigenvalue weighted by molar-refractivity contribution is 6.23. The van der Waals surface area contributed by atoms with Crippen LogP contribution in [0.2, 0.25) is 0 Å². The molecule has 0 N–H and O–H groups in total. The number of aromatic nitrogens is 6. The highest BCUT2D eigenvalue weighted by Crippen LogP contribution is 2.51. The van der Waals surface area contributed by atoms with Gasteiger partial charge < -0.3 is 27.1 Å². The van der Waals surface area contributed by atoms with Crippen LogP contribution in [-0.4, -0.2) is 27.1 Å². The van der Waals surface area contributed by atoms with Gasteiger partial charge in [0.25, 0.3) is 0 Å². The van der Waals surface area contributed by atoms with E-state index in [1.165, 1.54) is 0 Å². The summed E-state index contributed by atoms with van der Waals surface area (Å²) >= 11 is 0. The van der Waals surface area contributed by atoms with Crippen molar-refractivity contribution in [2.45, 2.75) is 6.92 Å². The SMILES string of the molecule is C/C=C\c1c2ccccc2n2c3cc(C#N)c(C#N)cc3n3c4ccc(-c5ccc6c(c5)c5ccccc5n6-c5c(C#N)c(C#N)c(-n6c7ccccc7c7ccccc76)c(-n6c7ccccc7c7ccccc76)c5-n5c6ccccc6c6ccccc65)cc4c4cccc(c12)c43. The zero-order valence-electron chi connectivity index (χ0n) is 52.0. The van der Waals surface area contributed by atoms with E-state index >= 15 is 0 Å². The van der Waals surface area contributed by atoms with Crippen LogP contribution in [0.4, 0.5) is 0 Å². The first-order valence-electron chi connectivity index (χ1n) is 32.4. The lowest BCUT2D eigenvalue weighted by Crippen LogP contribution is -2.17. The number of rotatable bonds is 6. The number of benzene rings is 13. The van der Waals surface area contributed by atoms with E-state index in [1.54, 1.807) is 0 Å². The Morgan fingerprint density at radius 3 is 0.969 bits per heavy atom. The van der Waals surface area contributed by atoms with Crippen LogP contribution < -0.4 is 0 Å². The molecule has 446 valence electrons. The monoisotopic (exact) mass is 1230 g/mol. The van der Waals surface area contributed by atoms with Gasteiger partial charge in [-0.1, -0.05) is 188 Å². The van der Waals surface area contributed by atoms with Crippen molar-refractivity contribution in [3.05, 3.63) is 295 Å². The fourth-order valence-corrected chi connectivity index (χ4v) is 16.6. The Morgan fingerprint density at radius 1 is 0.258 bits per heavy atom. The van der Waals surface area contributed by atoms with Crippen molar-refractivity contribution in [1.82, 2.24) is 27.1 Å². The molecule has 0 atom stereocenters. The van der Waals surface area contributed by atoms with Gasteiger partial charge in [0, 0.05) is 70.2 Å². The molecule has 0 spiro atoms. The van der Waals surface area contributed by atoms with Crippen molar-refractivity contribution < 1.29 is 0 Å². The van der Waals surface area contributed by atoms with Gasteiger partial charge in [-0.3, -0.25) is 0 Å². The normalized spacial score (nSPS) is 12.1. The molecular formula is C87H48N10. The van der Waals surface area contributed by atoms with E-state index in [2.05, 4.69) is 300 Å². The number of allylic oxidation sites excluding steroid dienone is 1. The summed E-state index contributed by atoms with van der Waals surface area (Å²) < 4.78 is 13.7. The molecular weight excluding hydrogens is 1190 g/mol. The minimum atomic E-state index is 0.229. The van der Waals surface area contributed by atoms with E-state index < -0.39 is 0 Å². The minimum absolute atomic E-state index is 0.229. The third-order valence-corrected chi connectivity index (χ3v) is 20.4. The van der Waals surface area contributed by atoms with E-state index in [0.29, 0.717) is 22.5 Å². The van der Waals surface area contributed by atoms with Crippen LogP contribution in [0.5, 0.6) is 0 Å². The largest absolute Gasteiger partial charge is 0.306 e. The first-order chi connectivity index (χ1) is 48.0. The van der Waals surface area contributed by atoms with Gasteiger partial charge in [-0.15, -0.1) is 0 Å². The lowest BCUT2D eigenvalue weighted by atomic mass is 9.98. The highest BCUT2D eigenvalue weighted by atomic mass is 15.1. The third-order valence-electron chi connectivity index (χ3n) is 20.4. The molecule has 0 aliphatic carbocycles. The van der Waals surface area contributed by atoms with Gasteiger partial charge in [0.1, 0.15) is 24.3 Å². The van der Waals surface area contributed by atoms with E-state index in [1.807, 2.05) is 31.2 Å². The molecule has 20 aromatic rings. The van der Waals surface area contributed by atoms with Crippen molar-refractivity contribution in [1.29, 1.82) is 21.0 Å². The van der Waals surface area contributed by atoms with Crippen molar-refractivity contribution in [3.8, 4) is 58.2 Å². The maximum absolute atomic E-state index is 12.5. The van der Waals surface area contributed by atoms with Crippen LogP contribution >= 0.6 is 0 Å². The second-order valence-corrected chi connectivity index (χ2v) is 25.1. The fraction of sp³-hybridized carbons (Fsp3) is 0.0115. The molecule has 20 rings (SSSR count). The summed E-state index contributed by atoms with van der Waals surface area (Å²) in [6.07, 6.45) is 4.25. The zero-order chi connectivity index (χ0) is 64.5. The first kappa shape index (κ1) is 53.7. The summed E-state index contributed by atoms with van der Waals surface area (Å²) in [5.74, 6) is 0. The summed E-state index contributed by atoms with van der Waals surface area (Å²) in [5, 5.41) is 58.5. The number of nitriles is 4. The average molecular weight is 1230 g/mol. The van der Waals surface area contributed by atoms with Crippen LogP contribution in [0.25, 0.3) is 182 Å². The summed E-state index contributed by atoms with van der Waals surface area (Å²) in [6, 6.07) is 102. The Morgan fingerprint density at radius 2 is 0.567 bits per heavy atom. The summed E-state index contributed by atoms with van der Waals surface area (Å²) in [4.78, 5) is 0. The predicted molar refractivity (Wildman–Crippen MR) is 395 cm³/mol. The van der Waals surface area contributed by atoms with Gasteiger partial charge in [0.15, 0.2) is 0 Å². The molecule has 97 heavy (non-hydrogen) atoms. The average Bonchev–Trinajstić information content (AvgIpc) is 1.57. The number of nitrogens with zero attached hydrogens (tertiary/aromatic N) is 10. The molecule has 10 heteroatoms. The Hall–Kier alpha value is -13.9. The quantitative estimate of drug-likeness (QED) is 0.164. The number of hydrogen-bond acceptors (Lipinski definition) is 4. The van der Waals surface area contributed by atoms with Gasteiger partial charge in [-0.25, -0.2) is 0 Å². The lowest BCUT2D eigenvalue weighted by Gasteiger charge is -2.27. The predicted octanol–water partition coefficient (Wildman–Crippen LogP) is 21.4. The van der Waals surface area contributed by atoms with Crippen LogP contribution in [0.3, 0.4) is 0 Å². The topological polar surface area (TPSA) is 124 Å². The Kier molecular flexibility index (Phi) is 11.1. The first-order valence-corrected chi connectivity index (χ1v) is 32.4. The van der Waals surface area contributed by atoms with Gasteiger partial charge in [0.2, 0.25) is 0 Å². The minimum Gasteiger partial charge on any atom is -0.306 e.